The molecule has 1 saturated heterocycles. The van der Waals surface area contributed by atoms with Crippen LogP contribution in [-0.4, -0.2) is 65.3 Å². The van der Waals surface area contributed by atoms with Gasteiger partial charge in [0.1, 0.15) is 23.0 Å². The van der Waals surface area contributed by atoms with Gasteiger partial charge in [-0.2, -0.15) is 0 Å². The first-order valence-corrected chi connectivity index (χ1v) is 15.3. The molecule has 0 radical (unpaired) electrons. The summed E-state index contributed by atoms with van der Waals surface area (Å²) in [7, 11) is 1.65. The quantitative estimate of drug-likeness (QED) is 0.171. The number of ether oxygens (including phenoxy) is 2. The van der Waals surface area contributed by atoms with E-state index in [2.05, 4.69) is 50.7 Å². The van der Waals surface area contributed by atoms with E-state index >= 15 is 0 Å². The molecule has 0 bridgehead atoms. The topological polar surface area (TPSA) is 135 Å². The highest BCUT2D eigenvalue weighted by molar-refractivity contribution is 6.16. The van der Waals surface area contributed by atoms with Crippen molar-refractivity contribution in [3.8, 4) is 28.1 Å². The van der Waals surface area contributed by atoms with Crippen LogP contribution in [0.1, 0.15) is 30.6 Å². The number of rotatable bonds is 7. The molecule has 4 heterocycles. The number of H-pyrrole nitrogens is 1. The number of aryl methyl sites for hydroxylation is 3. The van der Waals surface area contributed by atoms with Crippen molar-refractivity contribution in [1.29, 1.82) is 0 Å². The average molecular weight is 619 g/mol. The van der Waals surface area contributed by atoms with Crippen LogP contribution in [-0.2, 0) is 20.7 Å². The van der Waals surface area contributed by atoms with Gasteiger partial charge < -0.3 is 29.2 Å². The van der Waals surface area contributed by atoms with Crippen molar-refractivity contribution in [2.45, 2.75) is 33.6 Å². The first-order valence-electron chi connectivity index (χ1n) is 15.3. The molecule has 0 amide bonds. The standard InChI is InChI=1S/C35H34N6O5/c1-19-32(20(2)46-40-19)26-17-27-25(18-29(26)44-4)33-34(38-30(39-35(33)37-27)11-12-31(43)45-21(3)42)24-9-10-28(41-15-13-36-14-16-41)23-8-6-5-7-22(23)24/h5-10,17-18,36H,11-16H2,1-4H3,(H,37,38,39). The number of carbonyl (C=O) groups excluding carboxylic acids is 2. The van der Waals surface area contributed by atoms with Crippen molar-refractivity contribution in [2.24, 2.45) is 0 Å². The van der Waals surface area contributed by atoms with E-state index in [9.17, 15) is 9.59 Å². The highest BCUT2D eigenvalue weighted by Gasteiger charge is 2.23. The normalized spacial score (nSPS) is 13.5. The molecule has 0 saturated carbocycles. The van der Waals surface area contributed by atoms with E-state index in [0.717, 1.165) is 81.3 Å². The molecule has 3 aromatic carbocycles. The van der Waals surface area contributed by atoms with Gasteiger partial charge in [-0.15, -0.1) is 0 Å². The summed E-state index contributed by atoms with van der Waals surface area (Å²) >= 11 is 0. The second-order valence-electron chi connectivity index (χ2n) is 11.5. The minimum Gasteiger partial charge on any atom is -0.496 e. The largest absolute Gasteiger partial charge is 0.496 e. The van der Waals surface area contributed by atoms with Crippen molar-refractivity contribution in [3.63, 3.8) is 0 Å². The molecular formula is C35H34N6O5. The molecule has 0 unspecified atom stereocenters. The Morgan fingerprint density at radius 3 is 2.48 bits per heavy atom. The maximum absolute atomic E-state index is 12.3. The number of benzene rings is 3. The second-order valence-corrected chi connectivity index (χ2v) is 11.5. The highest BCUT2D eigenvalue weighted by atomic mass is 16.6. The van der Waals surface area contributed by atoms with Gasteiger partial charge in [-0.05, 0) is 37.4 Å². The summed E-state index contributed by atoms with van der Waals surface area (Å²) in [5.41, 5.74) is 6.84. The van der Waals surface area contributed by atoms with Crippen LogP contribution in [0.2, 0.25) is 0 Å². The van der Waals surface area contributed by atoms with E-state index in [0.29, 0.717) is 23.0 Å². The smallest absolute Gasteiger partial charge is 0.313 e. The zero-order valence-electron chi connectivity index (χ0n) is 26.2. The lowest BCUT2D eigenvalue weighted by Crippen LogP contribution is -2.43. The van der Waals surface area contributed by atoms with Gasteiger partial charge in [0.05, 0.1) is 35.9 Å². The van der Waals surface area contributed by atoms with Gasteiger partial charge in [0.15, 0.2) is 0 Å². The third kappa shape index (κ3) is 5.22. The molecule has 46 heavy (non-hydrogen) atoms. The van der Waals surface area contributed by atoms with E-state index in [1.54, 1.807) is 7.11 Å². The maximum atomic E-state index is 12.3. The zero-order chi connectivity index (χ0) is 31.9. The Balaban J connectivity index is 1.46. The van der Waals surface area contributed by atoms with Crippen molar-refractivity contribution in [3.05, 3.63) is 65.8 Å². The van der Waals surface area contributed by atoms with Gasteiger partial charge in [-0.3, -0.25) is 9.59 Å². The van der Waals surface area contributed by atoms with Crippen LogP contribution in [0, 0.1) is 13.8 Å². The molecule has 11 nitrogen and oxygen atoms in total. The minimum absolute atomic E-state index is 0.0303. The van der Waals surface area contributed by atoms with Crippen LogP contribution in [0.4, 0.5) is 5.69 Å². The Kier molecular flexibility index (Phi) is 7.61. The monoisotopic (exact) mass is 618 g/mol. The molecule has 2 N–H and O–H groups in total. The SMILES string of the molecule is COc1cc2c(cc1-c1c(C)noc1C)[nH]c1nc(CCC(=O)OC(C)=O)nc(-c3ccc(N4CCNCC4)c4ccccc34)c12. The Bertz CT molecular complexity index is 2120. The Labute approximate surface area is 264 Å². The second kappa shape index (κ2) is 11.9. The molecule has 0 aliphatic carbocycles. The zero-order valence-corrected chi connectivity index (χ0v) is 26.2. The number of hydrogen-bond acceptors (Lipinski definition) is 10. The summed E-state index contributed by atoms with van der Waals surface area (Å²) in [5.74, 6) is 0.569. The Morgan fingerprint density at radius 1 is 0.978 bits per heavy atom. The van der Waals surface area contributed by atoms with Crippen molar-refractivity contribution in [1.82, 2.24) is 25.4 Å². The maximum Gasteiger partial charge on any atom is 0.313 e. The molecule has 1 aliphatic rings. The van der Waals surface area contributed by atoms with Crippen molar-refractivity contribution < 1.29 is 23.6 Å². The number of aromatic nitrogens is 4. The number of carbonyl (C=O) groups is 2. The number of anilines is 1. The minimum atomic E-state index is -0.642. The summed E-state index contributed by atoms with van der Waals surface area (Å²) in [4.78, 5) is 39.5. The summed E-state index contributed by atoms with van der Waals surface area (Å²) in [6, 6.07) is 16.7. The van der Waals surface area contributed by atoms with Gasteiger partial charge in [0.2, 0.25) is 0 Å². The van der Waals surface area contributed by atoms with Gasteiger partial charge >= 0.3 is 11.9 Å². The number of piperazine rings is 1. The first-order chi connectivity index (χ1) is 22.3. The van der Waals surface area contributed by atoms with Crippen LogP contribution < -0.4 is 15.0 Å². The molecule has 234 valence electrons. The van der Waals surface area contributed by atoms with E-state index in [4.69, 9.17) is 24.0 Å². The van der Waals surface area contributed by atoms with Gasteiger partial charge in [0.25, 0.3) is 0 Å². The number of esters is 2. The fourth-order valence-corrected chi connectivity index (χ4v) is 6.51. The summed E-state index contributed by atoms with van der Waals surface area (Å²) in [5, 5.41) is 11.5. The third-order valence-electron chi connectivity index (χ3n) is 8.54. The molecule has 0 spiro atoms. The van der Waals surface area contributed by atoms with Crippen molar-refractivity contribution in [2.75, 3.05) is 38.2 Å². The van der Waals surface area contributed by atoms with Crippen LogP contribution in [0.15, 0.2) is 53.1 Å². The lowest BCUT2D eigenvalue weighted by Gasteiger charge is -2.30. The van der Waals surface area contributed by atoms with Crippen LogP contribution >= 0.6 is 0 Å². The molecule has 6 aromatic rings. The van der Waals surface area contributed by atoms with E-state index in [1.807, 2.05) is 32.0 Å². The van der Waals surface area contributed by atoms with Crippen LogP contribution in [0.25, 0.3) is 55.1 Å². The number of hydrogen-bond donors (Lipinski definition) is 2. The van der Waals surface area contributed by atoms with Gasteiger partial charge in [-0.25, -0.2) is 9.97 Å². The molecule has 7 rings (SSSR count). The number of fused-ring (bicyclic) bond motifs is 4. The molecule has 1 fully saturated rings. The van der Waals surface area contributed by atoms with Gasteiger partial charge in [0, 0.05) is 72.6 Å². The Hall–Kier alpha value is -5.29. The summed E-state index contributed by atoms with van der Waals surface area (Å²) < 4.78 is 16.2. The van der Waals surface area contributed by atoms with Crippen LogP contribution in [0.3, 0.4) is 0 Å². The predicted octanol–water partition coefficient (Wildman–Crippen LogP) is 5.64. The van der Waals surface area contributed by atoms with E-state index < -0.39 is 11.9 Å². The lowest BCUT2D eigenvalue weighted by molar-refractivity contribution is -0.158. The van der Waals surface area contributed by atoms with Gasteiger partial charge in [-0.1, -0.05) is 35.5 Å². The highest BCUT2D eigenvalue weighted by Crippen LogP contribution is 2.43. The summed E-state index contributed by atoms with van der Waals surface area (Å²) in [6.07, 6.45) is 0.173. The predicted molar refractivity (Wildman–Crippen MR) is 176 cm³/mol. The number of methoxy groups -OCH3 is 1. The van der Waals surface area contributed by atoms with Crippen molar-refractivity contribution >= 4 is 50.3 Å². The first kappa shape index (κ1) is 29.4. The number of nitrogens with one attached hydrogen (secondary N) is 2. The molecule has 11 heteroatoms. The van der Waals surface area contributed by atoms with E-state index in [-0.39, 0.29) is 12.8 Å². The third-order valence-corrected chi connectivity index (χ3v) is 8.54. The molecule has 1 aliphatic heterocycles. The molecular weight excluding hydrogens is 584 g/mol. The summed E-state index contributed by atoms with van der Waals surface area (Å²) in [6.45, 7) is 8.73. The molecule has 0 atom stereocenters. The fraction of sp³-hybridized carbons (Fsp3) is 0.286. The Morgan fingerprint density at radius 2 is 1.76 bits per heavy atom. The lowest BCUT2D eigenvalue weighted by atomic mass is 9.96. The number of nitrogens with zero attached hydrogens (tertiary/aromatic N) is 4. The van der Waals surface area contributed by atoms with Crippen LogP contribution in [0.5, 0.6) is 5.75 Å². The average Bonchev–Trinajstić information content (AvgIpc) is 3.59. The fourth-order valence-electron chi connectivity index (χ4n) is 6.51. The number of aromatic amines is 1. The van der Waals surface area contributed by atoms with E-state index in [1.165, 1.54) is 12.6 Å². The molecule has 3 aromatic heterocycles.